The molecule has 1 heterocycles. The van der Waals surface area contributed by atoms with Gasteiger partial charge in [-0.1, -0.05) is 0 Å². The van der Waals surface area contributed by atoms with Crippen molar-refractivity contribution in [2.75, 3.05) is 6.61 Å². The highest BCUT2D eigenvalue weighted by Crippen LogP contribution is 2.33. The lowest BCUT2D eigenvalue weighted by Gasteiger charge is -2.25. The van der Waals surface area contributed by atoms with E-state index in [1.807, 2.05) is 6.07 Å². The van der Waals surface area contributed by atoms with Gasteiger partial charge < -0.3 is 20.1 Å². The van der Waals surface area contributed by atoms with Crippen molar-refractivity contribution in [3.63, 3.8) is 0 Å². The van der Waals surface area contributed by atoms with E-state index in [0.29, 0.717) is 0 Å². The van der Waals surface area contributed by atoms with Gasteiger partial charge in [-0.25, -0.2) is 0 Å². The van der Waals surface area contributed by atoms with Crippen LogP contribution in [0.5, 0.6) is 0 Å². The summed E-state index contributed by atoms with van der Waals surface area (Å²) in [6.07, 6.45) is -3.11. The highest BCUT2D eigenvalue weighted by molar-refractivity contribution is 5.04. The Kier molecular flexibility index (Phi) is 3.45. The molecule has 0 aromatic rings. The summed E-state index contributed by atoms with van der Waals surface area (Å²) in [5.74, 6) is 0. The number of nitrogens with zero attached hydrogens (tertiary/aromatic N) is 1. The topological polar surface area (TPSA) is 93.7 Å². The number of aliphatic hydroxyl groups is 3. The zero-order valence-corrected chi connectivity index (χ0v) is 7.63. The lowest BCUT2D eigenvalue weighted by molar-refractivity contribution is -0.0674. The molecule has 0 bridgehead atoms. The fourth-order valence-corrected chi connectivity index (χ4v) is 1.52. The maximum Gasteiger partial charge on any atom is 0.112 e. The van der Waals surface area contributed by atoms with Crippen LogP contribution in [0.25, 0.3) is 0 Å². The number of hydrogen-bond donors (Lipinski definition) is 3. The maximum absolute atomic E-state index is 9.52. The molecule has 1 fully saturated rings. The van der Waals surface area contributed by atoms with Crippen molar-refractivity contribution in [2.24, 2.45) is 0 Å². The van der Waals surface area contributed by atoms with Crippen LogP contribution >= 0.6 is 0 Å². The zero-order chi connectivity index (χ0) is 10.8. The Morgan fingerprint density at radius 2 is 2.14 bits per heavy atom. The third-order valence-electron chi connectivity index (χ3n) is 2.38. The minimum absolute atomic E-state index is 0.123. The van der Waals surface area contributed by atoms with Crippen molar-refractivity contribution < 1.29 is 20.1 Å². The van der Waals surface area contributed by atoms with E-state index in [4.69, 9.17) is 22.0 Å². The minimum atomic E-state index is -1.43. The van der Waals surface area contributed by atoms with E-state index in [-0.39, 0.29) is 12.8 Å². The molecule has 1 rings (SSSR count). The van der Waals surface area contributed by atoms with E-state index in [0.717, 1.165) is 0 Å². The first-order valence-electron chi connectivity index (χ1n) is 4.36. The molecular formula is C9H13NO4. The second-order valence-electron chi connectivity index (χ2n) is 3.39. The quantitative estimate of drug-likeness (QED) is 0.533. The number of rotatable bonds is 3. The van der Waals surface area contributed by atoms with Crippen molar-refractivity contribution in [1.29, 1.82) is 5.26 Å². The van der Waals surface area contributed by atoms with Crippen LogP contribution in [0.2, 0.25) is 0 Å². The standard InChI is InChI=1S/C9H13NO4/c1-9(3-2-4-10)8(13)7(12)6(5-11)14-9/h1,6-8,11-13H,2-3,5H2/t6-,7+,8?,9?/m1/s1. The fourth-order valence-electron chi connectivity index (χ4n) is 1.52. The Morgan fingerprint density at radius 1 is 1.50 bits per heavy atom. The third kappa shape index (κ3) is 1.88. The molecule has 14 heavy (non-hydrogen) atoms. The monoisotopic (exact) mass is 199 g/mol. The van der Waals surface area contributed by atoms with Crippen LogP contribution in [0.4, 0.5) is 0 Å². The highest BCUT2D eigenvalue weighted by Gasteiger charge is 2.50. The van der Waals surface area contributed by atoms with Crippen molar-refractivity contribution in [3.05, 3.63) is 6.92 Å². The maximum atomic E-state index is 9.52. The summed E-state index contributed by atoms with van der Waals surface area (Å²) in [6.45, 7) is 5.24. The van der Waals surface area contributed by atoms with Crippen molar-refractivity contribution in [2.45, 2.75) is 36.8 Å². The van der Waals surface area contributed by atoms with Gasteiger partial charge in [-0.05, 0) is 6.42 Å². The van der Waals surface area contributed by atoms with Gasteiger partial charge in [0, 0.05) is 13.3 Å². The van der Waals surface area contributed by atoms with Crippen LogP contribution in [0.3, 0.4) is 0 Å². The molecule has 0 aliphatic carbocycles. The molecule has 4 atom stereocenters. The first-order valence-corrected chi connectivity index (χ1v) is 4.36. The number of ether oxygens (including phenoxy) is 1. The van der Waals surface area contributed by atoms with Gasteiger partial charge >= 0.3 is 0 Å². The molecule has 0 aromatic heterocycles. The van der Waals surface area contributed by atoms with Crippen LogP contribution in [-0.2, 0) is 4.74 Å². The van der Waals surface area contributed by atoms with Gasteiger partial charge in [0.2, 0.25) is 0 Å². The molecule has 0 aromatic carbocycles. The second-order valence-corrected chi connectivity index (χ2v) is 3.39. The molecule has 1 aliphatic heterocycles. The fraction of sp³-hybridized carbons (Fsp3) is 0.778. The summed E-state index contributed by atoms with van der Waals surface area (Å²) in [5.41, 5.74) is -1.43. The Morgan fingerprint density at radius 3 is 2.57 bits per heavy atom. The largest absolute Gasteiger partial charge is 0.394 e. The van der Waals surface area contributed by atoms with Crippen LogP contribution < -0.4 is 0 Å². The van der Waals surface area contributed by atoms with Crippen LogP contribution in [0.15, 0.2) is 0 Å². The molecule has 1 aliphatic rings. The van der Waals surface area contributed by atoms with E-state index < -0.39 is 30.5 Å². The number of aliphatic hydroxyl groups excluding tert-OH is 3. The predicted molar refractivity (Wildman–Crippen MR) is 45.9 cm³/mol. The van der Waals surface area contributed by atoms with Gasteiger partial charge in [0.05, 0.1) is 12.7 Å². The molecular weight excluding hydrogens is 186 g/mol. The van der Waals surface area contributed by atoms with Gasteiger partial charge in [-0.3, -0.25) is 0 Å². The van der Waals surface area contributed by atoms with Crippen LogP contribution in [0.1, 0.15) is 12.8 Å². The van der Waals surface area contributed by atoms with E-state index in [1.54, 1.807) is 0 Å². The van der Waals surface area contributed by atoms with Crippen LogP contribution in [-0.4, -0.2) is 45.8 Å². The lowest BCUT2D eigenvalue weighted by atomic mass is 9.92. The van der Waals surface area contributed by atoms with Crippen molar-refractivity contribution in [1.82, 2.24) is 0 Å². The molecule has 5 heteroatoms. The van der Waals surface area contributed by atoms with Gasteiger partial charge in [0.25, 0.3) is 0 Å². The third-order valence-corrected chi connectivity index (χ3v) is 2.38. The summed E-state index contributed by atoms with van der Waals surface area (Å²) in [5, 5.41) is 36.1. The number of hydrogen-bond acceptors (Lipinski definition) is 5. The summed E-state index contributed by atoms with van der Waals surface area (Å²) in [6, 6.07) is 1.87. The Labute approximate surface area is 82.5 Å². The second kappa shape index (κ2) is 4.24. The predicted octanol–water partition coefficient (Wildman–Crippen LogP) is -1.15. The Balaban J connectivity index is 2.67. The van der Waals surface area contributed by atoms with E-state index >= 15 is 0 Å². The Bertz CT molecular complexity index is 239. The first-order chi connectivity index (χ1) is 6.55. The minimum Gasteiger partial charge on any atom is -0.394 e. The SMILES string of the molecule is [CH]C1(CCC#N)O[C@H](CO)[C@H](O)C1O. The van der Waals surface area contributed by atoms with Crippen molar-refractivity contribution >= 4 is 0 Å². The molecule has 1 saturated heterocycles. The number of nitriles is 1. The lowest BCUT2D eigenvalue weighted by Crippen LogP contribution is -2.40. The smallest absolute Gasteiger partial charge is 0.112 e. The molecule has 5 nitrogen and oxygen atoms in total. The molecule has 78 valence electrons. The normalized spacial score (nSPS) is 42.4. The highest BCUT2D eigenvalue weighted by atomic mass is 16.6. The summed E-state index contributed by atoms with van der Waals surface area (Å²) >= 11 is 0. The van der Waals surface area contributed by atoms with E-state index in [9.17, 15) is 10.2 Å². The average molecular weight is 199 g/mol. The average Bonchev–Trinajstić information content (AvgIpc) is 2.40. The summed E-state index contributed by atoms with van der Waals surface area (Å²) in [7, 11) is 0. The van der Waals surface area contributed by atoms with Gasteiger partial charge in [0.15, 0.2) is 0 Å². The zero-order valence-electron chi connectivity index (χ0n) is 7.63. The van der Waals surface area contributed by atoms with Crippen LogP contribution in [0, 0.1) is 18.3 Å². The Hall–Kier alpha value is -0.670. The molecule has 0 spiro atoms. The van der Waals surface area contributed by atoms with Crippen molar-refractivity contribution in [3.8, 4) is 6.07 Å². The van der Waals surface area contributed by atoms with Gasteiger partial charge in [-0.2, -0.15) is 5.26 Å². The molecule has 3 N–H and O–H groups in total. The summed E-state index contributed by atoms with van der Waals surface area (Å²) < 4.78 is 5.10. The molecule has 2 radical (unpaired) electrons. The molecule has 2 unspecified atom stereocenters. The van der Waals surface area contributed by atoms with Gasteiger partial charge in [-0.15, -0.1) is 0 Å². The van der Waals surface area contributed by atoms with E-state index in [1.165, 1.54) is 0 Å². The first kappa shape index (κ1) is 11.4. The summed E-state index contributed by atoms with van der Waals surface area (Å²) in [4.78, 5) is 0. The van der Waals surface area contributed by atoms with E-state index in [2.05, 4.69) is 0 Å². The van der Waals surface area contributed by atoms with Gasteiger partial charge in [0.1, 0.15) is 23.9 Å². The molecule has 0 amide bonds. The molecule has 0 saturated carbocycles.